The van der Waals surface area contributed by atoms with Gasteiger partial charge in [-0.25, -0.2) is 13.1 Å². The molecule has 1 aliphatic heterocycles. The van der Waals surface area contributed by atoms with Gasteiger partial charge in [0.15, 0.2) is 5.75 Å². The highest BCUT2D eigenvalue weighted by molar-refractivity contribution is 7.89. The lowest BCUT2D eigenvalue weighted by atomic mass is 10.1. The first kappa shape index (κ1) is 15.9. The highest BCUT2D eigenvalue weighted by Crippen LogP contribution is 2.30. The largest absolute Gasteiger partial charge is 0.507 e. The molecule has 128 valence electrons. The Bertz CT molecular complexity index is 1060. The minimum atomic E-state index is -3.75. The van der Waals surface area contributed by atoms with Crippen molar-refractivity contribution < 1.29 is 23.3 Å². The fourth-order valence-electron chi connectivity index (χ4n) is 2.82. The first-order valence-corrected chi connectivity index (χ1v) is 9.14. The maximum Gasteiger partial charge on any atom is 0.241 e. The van der Waals surface area contributed by atoms with E-state index in [-0.39, 0.29) is 17.2 Å². The number of phenols is 1. The van der Waals surface area contributed by atoms with Gasteiger partial charge in [0.1, 0.15) is 12.4 Å². The zero-order valence-electron chi connectivity index (χ0n) is 13.1. The molecule has 0 spiro atoms. The van der Waals surface area contributed by atoms with E-state index in [1.807, 2.05) is 12.1 Å². The molecule has 25 heavy (non-hydrogen) atoms. The Balaban J connectivity index is 1.63. The molecule has 2 N–H and O–H groups in total. The lowest BCUT2D eigenvalue weighted by Crippen LogP contribution is -2.23. The van der Waals surface area contributed by atoms with Crippen LogP contribution in [0.4, 0.5) is 0 Å². The summed E-state index contributed by atoms with van der Waals surface area (Å²) in [7, 11) is -3.75. The van der Waals surface area contributed by atoms with E-state index in [0.717, 1.165) is 11.1 Å². The molecule has 0 radical (unpaired) electrons. The number of benzene rings is 3. The van der Waals surface area contributed by atoms with Crippen molar-refractivity contribution in [2.24, 2.45) is 0 Å². The Morgan fingerprint density at radius 3 is 2.72 bits per heavy atom. The molecule has 0 bridgehead atoms. The number of hydrogen-bond acceptors (Lipinski definition) is 5. The fourth-order valence-corrected chi connectivity index (χ4v) is 4.05. The summed E-state index contributed by atoms with van der Waals surface area (Å²) in [6.45, 7) is 0.509. The van der Waals surface area contributed by atoms with Crippen LogP contribution >= 0.6 is 0 Å². The molecule has 7 heteroatoms. The summed E-state index contributed by atoms with van der Waals surface area (Å²) in [6, 6.07) is 15.1. The molecule has 6 nitrogen and oxygen atoms in total. The standard InChI is InChI=1S/C18H15NO5S/c20-16-5-1-4-15-14(16)3-2-6-18(15)25(21,22)19-10-12-7-8-13-11-23-24-17(13)9-12/h1-9,19-20H,10-11H2. The summed E-state index contributed by atoms with van der Waals surface area (Å²) in [5.41, 5.74) is 1.69. The van der Waals surface area contributed by atoms with E-state index in [4.69, 9.17) is 9.78 Å². The molecule has 0 aromatic heterocycles. The van der Waals surface area contributed by atoms with Crippen LogP contribution in [0, 0.1) is 0 Å². The lowest BCUT2D eigenvalue weighted by Gasteiger charge is -2.10. The molecule has 4 rings (SSSR count). The maximum atomic E-state index is 12.7. The normalized spacial score (nSPS) is 13.6. The first-order valence-electron chi connectivity index (χ1n) is 7.66. The third-order valence-electron chi connectivity index (χ3n) is 4.11. The highest BCUT2D eigenvalue weighted by atomic mass is 32.2. The highest BCUT2D eigenvalue weighted by Gasteiger charge is 2.19. The van der Waals surface area contributed by atoms with E-state index in [1.165, 1.54) is 12.1 Å². The van der Waals surface area contributed by atoms with Gasteiger partial charge in [-0.05, 0) is 23.8 Å². The van der Waals surface area contributed by atoms with E-state index >= 15 is 0 Å². The summed E-state index contributed by atoms with van der Waals surface area (Å²) in [5.74, 6) is 0.650. The van der Waals surface area contributed by atoms with Crippen LogP contribution in [-0.2, 0) is 28.1 Å². The quantitative estimate of drug-likeness (QED) is 0.702. The molecular weight excluding hydrogens is 342 g/mol. The number of hydrogen-bond donors (Lipinski definition) is 2. The average molecular weight is 357 g/mol. The second-order valence-electron chi connectivity index (χ2n) is 5.74. The predicted molar refractivity (Wildman–Crippen MR) is 91.5 cm³/mol. The molecule has 0 unspecified atom stereocenters. The van der Waals surface area contributed by atoms with Gasteiger partial charge in [0.2, 0.25) is 10.0 Å². The van der Waals surface area contributed by atoms with Crippen molar-refractivity contribution in [3.63, 3.8) is 0 Å². The van der Waals surface area contributed by atoms with Gasteiger partial charge >= 0.3 is 0 Å². The van der Waals surface area contributed by atoms with Gasteiger partial charge in [-0.2, -0.15) is 4.89 Å². The van der Waals surface area contributed by atoms with E-state index < -0.39 is 10.0 Å². The van der Waals surface area contributed by atoms with Crippen molar-refractivity contribution in [1.29, 1.82) is 0 Å². The molecular formula is C18H15NO5S. The molecule has 0 aliphatic carbocycles. The topological polar surface area (TPSA) is 84.9 Å². The number of fused-ring (bicyclic) bond motifs is 2. The number of aromatic hydroxyl groups is 1. The van der Waals surface area contributed by atoms with E-state index in [2.05, 4.69) is 4.72 Å². The van der Waals surface area contributed by atoms with Crippen molar-refractivity contribution in [2.45, 2.75) is 18.0 Å². The predicted octanol–water partition coefficient (Wildman–Crippen LogP) is 2.85. The Morgan fingerprint density at radius 1 is 1.04 bits per heavy atom. The molecule has 1 heterocycles. The maximum absolute atomic E-state index is 12.7. The second-order valence-corrected chi connectivity index (χ2v) is 7.48. The minimum Gasteiger partial charge on any atom is -0.507 e. The molecule has 0 amide bonds. The van der Waals surface area contributed by atoms with Gasteiger partial charge in [-0.1, -0.05) is 36.4 Å². The Morgan fingerprint density at radius 2 is 1.84 bits per heavy atom. The van der Waals surface area contributed by atoms with Crippen molar-refractivity contribution in [3.05, 3.63) is 65.7 Å². The summed E-state index contributed by atoms with van der Waals surface area (Å²) in [5, 5.41) is 10.9. The number of nitrogens with one attached hydrogen (secondary N) is 1. The lowest BCUT2D eigenvalue weighted by molar-refractivity contribution is -0.194. The van der Waals surface area contributed by atoms with Gasteiger partial charge in [0, 0.05) is 22.9 Å². The summed E-state index contributed by atoms with van der Waals surface area (Å²) in [4.78, 5) is 10.0. The van der Waals surface area contributed by atoms with Gasteiger partial charge in [-0.3, -0.25) is 0 Å². The van der Waals surface area contributed by atoms with Crippen LogP contribution in [0.2, 0.25) is 0 Å². The molecule has 0 saturated carbocycles. The number of sulfonamides is 1. The van der Waals surface area contributed by atoms with Crippen LogP contribution in [0.5, 0.6) is 11.5 Å². The summed E-state index contributed by atoms with van der Waals surface area (Å²) in [6.07, 6.45) is 0. The van der Waals surface area contributed by atoms with Gasteiger partial charge in [0.25, 0.3) is 0 Å². The van der Waals surface area contributed by atoms with Crippen LogP contribution in [0.25, 0.3) is 10.8 Å². The van der Waals surface area contributed by atoms with Crippen molar-refractivity contribution in [2.75, 3.05) is 0 Å². The van der Waals surface area contributed by atoms with Gasteiger partial charge < -0.3 is 9.99 Å². The van der Waals surface area contributed by atoms with Gasteiger partial charge in [0.05, 0.1) is 4.90 Å². The molecule has 0 saturated heterocycles. The number of phenolic OH excluding ortho intramolecular Hbond substituents is 1. The van der Waals surface area contributed by atoms with E-state index in [0.29, 0.717) is 23.1 Å². The van der Waals surface area contributed by atoms with Crippen molar-refractivity contribution in [3.8, 4) is 11.5 Å². The van der Waals surface area contributed by atoms with Crippen LogP contribution in [0.15, 0.2) is 59.5 Å². The zero-order valence-corrected chi connectivity index (χ0v) is 13.9. The summed E-state index contributed by atoms with van der Waals surface area (Å²) >= 11 is 0. The van der Waals surface area contributed by atoms with Crippen molar-refractivity contribution in [1.82, 2.24) is 4.72 Å². The Kier molecular flexibility index (Phi) is 3.84. The molecule has 0 fully saturated rings. The second kappa shape index (κ2) is 6.03. The first-order chi connectivity index (χ1) is 12.0. The van der Waals surface area contributed by atoms with Crippen LogP contribution in [0.3, 0.4) is 0 Å². The molecule has 3 aromatic carbocycles. The Labute approximate surface area is 144 Å². The van der Waals surface area contributed by atoms with E-state index in [9.17, 15) is 13.5 Å². The fraction of sp³-hybridized carbons (Fsp3) is 0.111. The SMILES string of the molecule is O=S(=O)(NCc1ccc2c(c1)OOC2)c1cccc2c(O)cccc12. The Hall–Kier alpha value is -2.61. The minimum absolute atomic E-state index is 0.0466. The van der Waals surface area contributed by atoms with Gasteiger partial charge in [-0.15, -0.1) is 0 Å². The van der Waals surface area contributed by atoms with Crippen LogP contribution in [0.1, 0.15) is 11.1 Å². The zero-order chi connectivity index (χ0) is 17.4. The molecule has 0 atom stereocenters. The monoisotopic (exact) mass is 357 g/mol. The third kappa shape index (κ3) is 2.93. The average Bonchev–Trinajstić information content (AvgIpc) is 3.08. The van der Waals surface area contributed by atoms with Crippen molar-refractivity contribution >= 4 is 20.8 Å². The molecule has 1 aliphatic rings. The van der Waals surface area contributed by atoms with E-state index in [1.54, 1.807) is 30.3 Å². The van der Waals surface area contributed by atoms with Crippen LogP contribution < -0.4 is 9.61 Å². The number of rotatable bonds is 4. The molecule has 3 aromatic rings. The van der Waals surface area contributed by atoms with Crippen LogP contribution in [-0.4, -0.2) is 13.5 Å². The summed E-state index contributed by atoms with van der Waals surface area (Å²) < 4.78 is 28.0. The third-order valence-corrected chi connectivity index (χ3v) is 5.57. The smallest absolute Gasteiger partial charge is 0.241 e.